The third-order valence-corrected chi connectivity index (χ3v) is 11.4. The first-order valence-corrected chi connectivity index (χ1v) is 16.1. The molecule has 0 saturated heterocycles. The predicted octanol–water partition coefficient (Wildman–Crippen LogP) is 6.15. The molecular formula is C32H50N2O5Si-. The average Bonchev–Trinajstić information content (AvgIpc) is 2.80. The lowest BCUT2D eigenvalue weighted by molar-refractivity contribution is 0.0462. The predicted molar refractivity (Wildman–Crippen MR) is 165 cm³/mol. The molecule has 40 heavy (non-hydrogen) atoms. The van der Waals surface area contributed by atoms with Gasteiger partial charge in [0.2, 0.25) is 0 Å². The van der Waals surface area contributed by atoms with Gasteiger partial charge in [0.05, 0.1) is 14.4 Å². The van der Waals surface area contributed by atoms with Gasteiger partial charge in [-0.3, -0.25) is 0 Å². The zero-order valence-electron chi connectivity index (χ0n) is 26.1. The minimum Gasteiger partial charge on any atom is -0.556 e. The molecule has 7 nitrogen and oxygen atoms in total. The molecule has 0 spiro atoms. The number of hydrogen-bond donors (Lipinski definition) is 2. The maximum Gasteiger partial charge on any atom is 0.407 e. The van der Waals surface area contributed by atoms with Crippen molar-refractivity contribution >= 4 is 30.9 Å². The van der Waals surface area contributed by atoms with E-state index < -0.39 is 31.7 Å². The van der Waals surface area contributed by atoms with E-state index in [1.807, 2.05) is 60.6 Å². The number of alkyl carbamates (subject to hydrolysis) is 2. The quantitative estimate of drug-likeness (QED) is 0.335. The van der Waals surface area contributed by atoms with Crippen molar-refractivity contribution in [3.63, 3.8) is 0 Å². The molecule has 0 fully saturated rings. The number of hydrogen-bond acceptors (Lipinski definition) is 5. The third kappa shape index (κ3) is 10.3. The summed E-state index contributed by atoms with van der Waals surface area (Å²) in [5.41, 5.74) is -1.20. The van der Waals surface area contributed by atoms with Crippen molar-refractivity contribution in [2.45, 2.75) is 110 Å². The summed E-state index contributed by atoms with van der Waals surface area (Å²) in [6.45, 7) is 19.9. The number of carbonyl (C=O) groups excluding carboxylic acids is 2. The van der Waals surface area contributed by atoms with Gasteiger partial charge in [-0.2, -0.15) is 10.4 Å². The molecule has 2 aromatic rings. The van der Waals surface area contributed by atoms with Crippen LogP contribution in [0.2, 0.25) is 5.04 Å². The summed E-state index contributed by atoms with van der Waals surface area (Å²) in [5, 5.41) is 8.08. The minimum atomic E-state index is -2.80. The van der Waals surface area contributed by atoms with Crippen LogP contribution in [-0.2, 0) is 13.9 Å². The summed E-state index contributed by atoms with van der Waals surface area (Å²) >= 11 is 0. The first-order valence-electron chi connectivity index (χ1n) is 14.2. The van der Waals surface area contributed by atoms with Crippen molar-refractivity contribution in [1.29, 1.82) is 0 Å². The van der Waals surface area contributed by atoms with Gasteiger partial charge >= 0.3 is 12.2 Å². The lowest BCUT2D eigenvalue weighted by Gasteiger charge is -2.56. The summed E-state index contributed by atoms with van der Waals surface area (Å²) in [6, 6.07) is 20.3. The van der Waals surface area contributed by atoms with Gasteiger partial charge in [0.15, 0.2) is 0 Å². The number of amides is 2. The highest BCUT2D eigenvalue weighted by Crippen LogP contribution is 2.37. The van der Waals surface area contributed by atoms with E-state index in [2.05, 4.69) is 79.9 Å². The van der Waals surface area contributed by atoms with E-state index in [1.165, 1.54) is 10.4 Å². The highest BCUT2D eigenvalue weighted by atomic mass is 28.4. The van der Waals surface area contributed by atoms with E-state index in [9.17, 15) is 9.59 Å². The van der Waals surface area contributed by atoms with Gasteiger partial charge in [-0.25, -0.2) is 9.59 Å². The molecule has 2 N–H and O–H groups in total. The topological polar surface area (TPSA) is 85.9 Å². The monoisotopic (exact) mass is 570 g/mol. The molecule has 0 saturated carbocycles. The summed E-state index contributed by atoms with van der Waals surface area (Å²) in [5.74, 6) is 0. The minimum absolute atomic E-state index is 0.161. The Morgan fingerprint density at radius 1 is 0.700 bits per heavy atom. The first kappa shape index (κ1) is 33.4. The van der Waals surface area contributed by atoms with Crippen LogP contribution in [-0.4, -0.2) is 50.4 Å². The summed E-state index contributed by atoms with van der Waals surface area (Å²) < 4.78 is 18.1. The van der Waals surface area contributed by atoms with Gasteiger partial charge in [-0.15, -0.1) is 5.04 Å². The number of nitrogens with one attached hydrogen (secondary N) is 2. The van der Waals surface area contributed by atoms with Crippen LogP contribution in [0.15, 0.2) is 60.7 Å². The Kier molecular flexibility index (Phi) is 11.4. The maximum atomic E-state index is 12.8. The van der Waals surface area contributed by atoms with Crippen molar-refractivity contribution in [3.8, 4) is 0 Å². The second-order valence-corrected chi connectivity index (χ2v) is 17.7. The van der Waals surface area contributed by atoms with Crippen molar-refractivity contribution < 1.29 is 23.5 Å². The number of ether oxygens (including phenoxy) is 2. The van der Waals surface area contributed by atoms with Crippen LogP contribution in [0.5, 0.6) is 0 Å². The molecule has 0 bridgehead atoms. The van der Waals surface area contributed by atoms with Gasteiger partial charge in [-0.05, 0) is 61.3 Å². The standard InChI is InChI=1S/C32H50N2O5Si/c1-24(33-28(35)38-30(2,3)4)21-22-25(34-29(36)39-31(5,6)7)23-37-40(32(8,9)10,26-17-13-11-14-18-26)27-19-15-12-16-20-27/h11-20,24-25H,21-23H2,1-10H3,(H,33,35)(H,34,36)/q-1/t24?,25-/m0/s1. The smallest absolute Gasteiger partial charge is 0.407 e. The van der Waals surface area contributed by atoms with Gasteiger partial charge in [0.25, 0.3) is 0 Å². The summed E-state index contributed by atoms with van der Waals surface area (Å²) in [4.78, 5) is 25.1. The van der Waals surface area contributed by atoms with Crippen molar-refractivity contribution in [2.24, 2.45) is 0 Å². The lowest BCUT2D eigenvalue weighted by Crippen LogP contribution is -2.67. The van der Waals surface area contributed by atoms with Crippen molar-refractivity contribution in [1.82, 2.24) is 10.6 Å². The number of carbonyl (C=O) groups is 2. The highest BCUT2D eigenvalue weighted by Gasteiger charge is 2.37. The largest absolute Gasteiger partial charge is 0.556 e. The maximum absolute atomic E-state index is 12.8. The second kappa shape index (κ2) is 13.7. The van der Waals surface area contributed by atoms with Crippen LogP contribution in [0.3, 0.4) is 0 Å². The van der Waals surface area contributed by atoms with Crippen LogP contribution in [0, 0.1) is 0 Å². The van der Waals surface area contributed by atoms with Crippen LogP contribution >= 0.6 is 0 Å². The summed E-state index contributed by atoms with van der Waals surface area (Å²) in [7, 11) is -2.80. The molecule has 2 atom stereocenters. The van der Waals surface area contributed by atoms with E-state index in [0.717, 1.165) is 0 Å². The van der Waals surface area contributed by atoms with Crippen molar-refractivity contribution in [2.75, 3.05) is 6.61 Å². The third-order valence-electron chi connectivity index (χ3n) is 6.35. The molecule has 8 heteroatoms. The van der Waals surface area contributed by atoms with Gasteiger partial charge in [-0.1, -0.05) is 81.4 Å². The Bertz CT molecular complexity index is 1030. The molecule has 0 aliphatic heterocycles. The molecule has 0 aromatic heterocycles. The Labute approximate surface area is 242 Å². The van der Waals surface area contributed by atoms with Gasteiger partial charge in [0.1, 0.15) is 11.2 Å². The first-order chi connectivity index (χ1) is 18.4. The molecule has 2 rings (SSSR count). The van der Waals surface area contributed by atoms with Crippen molar-refractivity contribution in [3.05, 3.63) is 60.7 Å². The van der Waals surface area contributed by atoms with E-state index >= 15 is 0 Å². The Morgan fingerprint density at radius 3 is 1.52 bits per heavy atom. The van der Waals surface area contributed by atoms with Gasteiger partial charge in [0, 0.05) is 12.6 Å². The lowest BCUT2D eigenvalue weighted by atomic mass is 10.1. The van der Waals surface area contributed by atoms with Crippen LogP contribution in [0.1, 0.15) is 82.1 Å². The Balaban J connectivity index is 2.34. The average molecular weight is 571 g/mol. The molecule has 223 valence electrons. The molecule has 0 radical (unpaired) electrons. The molecule has 2 aromatic carbocycles. The molecule has 2 amide bonds. The molecule has 0 aliphatic rings. The molecule has 1 unspecified atom stereocenters. The normalized spacial score (nSPS) is 14.2. The van der Waals surface area contributed by atoms with Gasteiger partial charge < -0.3 is 24.5 Å². The summed E-state index contributed by atoms with van der Waals surface area (Å²) in [6.07, 6.45) is 0.245. The van der Waals surface area contributed by atoms with Crippen LogP contribution in [0.4, 0.5) is 9.59 Å². The van der Waals surface area contributed by atoms with E-state index in [0.29, 0.717) is 19.4 Å². The van der Waals surface area contributed by atoms with E-state index in [1.54, 1.807) is 0 Å². The molecular weight excluding hydrogens is 520 g/mol. The zero-order valence-corrected chi connectivity index (χ0v) is 27.1. The van der Waals surface area contributed by atoms with Crippen LogP contribution < -0.4 is 21.0 Å². The van der Waals surface area contributed by atoms with E-state index in [4.69, 9.17) is 13.9 Å². The molecule has 0 aliphatic carbocycles. The number of benzene rings is 2. The Morgan fingerprint density at radius 2 is 1.12 bits per heavy atom. The SMILES string of the molecule is CC(CC[C@@H](CO[Si-](c1ccccc1)(c1ccccc1)C(C)(C)C)NC(=O)OC(C)(C)C)NC(=O)OC(C)(C)C. The van der Waals surface area contributed by atoms with E-state index in [-0.39, 0.29) is 17.1 Å². The highest BCUT2D eigenvalue weighted by molar-refractivity contribution is 6.99. The number of rotatable bonds is 10. The fourth-order valence-electron chi connectivity index (χ4n) is 4.69. The zero-order chi connectivity index (χ0) is 30.2. The molecule has 0 heterocycles. The second-order valence-electron chi connectivity index (χ2n) is 13.4. The fraction of sp³-hybridized carbons (Fsp3) is 0.562. The van der Waals surface area contributed by atoms with Crippen LogP contribution in [0.25, 0.3) is 0 Å². The Hall–Kier alpha value is -2.84. The fourth-order valence-corrected chi connectivity index (χ4v) is 9.30.